The number of aromatic nitrogens is 1. The van der Waals surface area contributed by atoms with Crippen LogP contribution in [-0.2, 0) is 6.54 Å². The van der Waals surface area contributed by atoms with E-state index in [1.54, 1.807) is 11.3 Å². The maximum absolute atomic E-state index is 4.31. The Balaban J connectivity index is 1.79. The van der Waals surface area contributed by atoms with E-state index in [1.165, 1.54) is 25.3 Å². The Morgan fingerprint density at radius 2 is 2.47 bits per heavy atom. The zero-order valence-electron chi connectivity index (χ0n) is 9.44. The fraction of sp³-hybridized carbons (Fsp3) is 0.727. The molecule has 84 valence electrons. The van der Waals surface area contributed by atoms with E-state index in [-0.39, 0.29) is 0 Å². The first-order chi connectivity index (χ1) is 7.25. The molecule has 4 heteroatoms. The van der Waals surface area contributed by atoms with Crippen LogP contribution < -0.4 is 5.32 Å². The molecule has 0 unspecified atom stereocenters. The molecule has 2 atom stereocenters. The first-order valence-electron chi connectivity index (χ1n) is 5.52. The second kappa shape index (κ2) is 5.05. The highest BCUT2D eigenvalue weighted by atomic mass is 32.1. The van der Waals surface area contributed by atoms with Crippen LogP contribution in [-0.4, -0.2) is 36.6 Å². The van der Waals surface area contributed by atoms with Crippen molar-refractivity contribution in [1.29, 1.82) is 0 Å². The van der Waals surface area contributed by atoms with Gasteiger partial charge in [-0.3, -0.25) is 0 Å². The van der Waals surface area contributed by atoms with Crippen molar-refractivity contribution < 1.29 is 0 Å². The fourth-order valence-corrected chi connectivity index (χ4v) is 2.72. The molecule has 2 heterocycles. The number of hydrogen-bond donors (Lipinski definition) is 1. The van der Waals surface area contributed by atoms with Crippen LogP contribution in [0.2, 0.25) is 0 Å². The molecule has 0 aromatic carbocycles. The summed E-state index contributed by atoms with van der Waals surface area (Å²) in [4.78, 5) is 6.69. The van der Waals surface area contributed by atoms with E-state index < -0.39 is 0 Å². The molecule has 0 radical (unpaired) electrons. The van der Waals surface area contributed by atoms with Gasteiger partial charge in [-0.2, -0.15) is 0 Å². The van der Waals surface area contributed by atoms with Crippen LogP contribution in [0.1, 0.15) is 12.6 Å². The zero-order chi connectivity index (χ0) is 10.7. The highest BCUT2D eigenvalue weighted by Gasteiger charge is 2.23. The largest absolute Gasteiger partial charge is 0.316 e. The summed E-state index contributed by atoms with van der Waals surface area (Å²) in [5, 5.41) is 5.58. The average molecular weight is 225 g/mol. The molecule has 1 saturated heterocycles. The lowest BCUT2D eigenvalue weighted by Gasteiger charge is -2.22. The third kappa shape index (κ3) is 3.00. The Morgan fingerprint density at radius 1 is 1.60 bits per heavy atom. The van der Waals surface area contributed by atoms with Gasteiger partial charge in [0.25, 0.3) is 0 Å². The van der Waals surface area contributed by atoms with E-state index in [1.807, 2.05) is 5.51 Å². The van der Waals surface area contributed by atoms with Crippen LogP contribution in [0, 0.1) is 11.8 Å². The Kier molecular flexibility index (Phi) is 3.72. The molecule has 1 aliphatic rings. The van der Waals surface area contributed by atoms with E-state index in [9.17, 15) is 0 Å². The molecular formula is C11H19N3S. The van der Waals surface area contributed by atoms with E-state index in [4.69, 9.17) is 0 Å². The quantitative estimate of drug-likeness (QED) is 0.840. The summed E-state index contributed by atoms with van der Waals surface area (Å²) in [6.45, 7) is 6.83. The Bertz CT molecular complexity index is 286. The number of hydrogen-bond acceptors (Lipinski definition) is 4. The second-order valence-electron chi connectivity index (χ2n) is 4.57. The van der Waals surface area contributed by atoms with Crippen molar-refractivity contribution in [3.8, 4) is 0 Å². The molecule has 1 aromatic heterocycles. The molecule has 3 nitrogen and oxygen atoms in total. The van der Waals surface area contributed by atoms with Crippen LogP contribution in [0.25, 0.3) is 0 Å². The van der Waals surface area contributed by atoms with Crippen molar-refractivity contribution in [2.75, 3.05) is 26.7 Å². The summed E-state index contributed by atoms with van der Waals surface area (Å²) >= 11 is 1.67. The zero-order valence-corrected chi connectivity index (χ0v) is 10.3. The minimum atomic E-state index is 0.800. The number of rotatable bonds is 4. The summed E-state index contributed by atoms with van der Waals surface area (Å²) in [7, 11) is 2.18. The Labute approximate surface area is 95.5 Å². The number of thiazole rings is 1. The Morgan fingerprint density at radius 3 is 3.07 bits per heavy atom. The first kappa shape index (κ1) is 11.0. The van der Waals surface area contributed by atoms with Crippen molar-refractivity contribution in [2.45, 2.75) is 13.5 Å². The normalized spacial score (nSPS) is 26.3. The highest BCUT2D eigenvalue weighted by Crippen LogP contribution is 2.17. The Hall–Kier alpha value is -0.450. The molecule has 0 saturated carbocycles. The van der Waals surface area contributed by atoms with Crippen LogP contribution in [0.15, 0.2) is 10.9 Å². The third-order valence-corrected chi connectivity index (χ3v) is 3.77. The van der Waals surface area contributed by atoms with E-state index >= 15 is 0 Å². The van der Waals surface area contributed by atoms with E-state index in [0.29, 0.717) is 0 Å². The van der Waals surface area contributed by atoms with Crippen LogP contribution in [0.5, 0.6) is 0 Å². The molecule has 1 aliphatic heterocycles. The second-order valence-corrected chi connectivity index (χ2v) is 5.29. The van der Waals surface area contributed by atoms with Gasteiger partial charge in [0.1, 0.15) is 0 Å². The summed E-state index contributed by atoms with van der Waals surface area (Å²) in [6.07, 6.45) is 0. The summed E-state index contributed by atoms with van der Waals surface area (Å²) in [5.41, 5.74) is 3.10. The van der Waals surface area contributed by atoms with Crippen molar-refractivity contribution in [2.24, 2.45) is 11.8 Å². The third-order valence-electron chi connectivity index (χ3n) is 3.14. The van der Waals surface area contributed by atoms with Crippen LogP contribution in [0.4, 0.5) is 0 Å². The average Bonchev–Trinajstić information content (AvgIpc) is 2.79. The van der Waals surface area contributed by atoms with Crippen molar-refractivity contribution in [3.05, 3.63) is 16.6 Å². The molecule has 1 fully saturated rings. The van der Waals surface area contributed by atoms with Gasteiger partial charge in [-0.05, 0) is 32.0 Å². The molecule has 0 aliphatic carbocycles. The van der Waals surface area contributed by atoms with Gasteiger partial charge < -0.3 is 10.2 Å². The predicted octanol–water partition coefficient (Wildman–Crippen LogP) is 1.43. The van der Waals surface area contributed by atoms with Gasteiger partial charge in [0.05, 0.1) is 11.2 Å². The maximum atomic E-state index is 4.31. The highest BCUT2D eigenvalue weighted by molar-refractivity contribution is 7.07. The van der Waals surface area contributed by atoms with Gasteiger partial charge in [-0.1, -0.05) is 6.92 Å². The molecular weight excluding hydrogens is 206 g/mol. The number of nitrogens with one attached hydrogen (secondary N) is 1. The summed E-state index contributed by atoms with van der Waals surface area (Å²) < 4.78 is 0. The van der Waals surface area contributed by atoms with Gasteiger partial charge in [0, 0.05) is 18.5 Å². The van der Waals surface area contributed by atoms with Gasteiger partial charge in [0.15, 0.2) is 0 Å². The lowest BCUT2D eigenvalue weighted by molar-refractivity contribution is 0.250. The van der Waals surface area contributed by atoms with Crippen molar-refractivity contribution >= 4 is 11.3 Å². The monoisotopic (exact) mass is 225 g/mol. The first-order valence-corrected chi connectivity index (χ1v) is 6.46. The molecule has 2 rings (SSSR count). The lowest BCUT2D eigenvalue weighted by Crippen LogP contribution is -2.29. The van der Waals surface area contributed by atoms with Gasteiger partial charge in [0.2, 0.25) is 0 Å². The van der Waals surface area contributed by atoms with E-state index in [2.05, 4.69) is 34.6 Å². The van der Waals surface area contributed by atoms with Crippen LogP contribution in [0.3, 0.4) is 0 Å². The fourth-order valence-electron chi connectivity index (χ4n) is 2.17. The maximum Gasteiger partial charge on any atom is 0.0795 e. The van der Waals surface area contributed by atoms with Crippen molar-refractivity contribution in [3.63, 3.8) is 0 Å². The van der Waals surface area contributed by atoms with Gasteiger partial charge in [-0.25, -0.2) is 4.98 Å². The summed E-state index contributed by atoms with van der Waals surface area (Å²) in [5.74, 6) is 1.61. The van der Waals surface area contributed by atoms with Crippen molar-refractivity contribution in [1.82, 2.24) is 15.2 Å². The molecule has 0 amide bonds. The molecule has 0 spiro atoms. The predicted molar refractivity (Wildman–Crippen MR) is 64.0 cm³/mol. The molecule has 0 bridgehead atoms. The standard InChI is InChI=1S/C11H19N3S/c1-9-3-12-4-10(9)5-14(2)6-11-7-15-8-13-11/h7-10,12H,3-6H2,1-2H3/t9-,10+/m1/s1. The van der Waals surface area contributed by atoms with Gasteiger partial charge >= 0.3 is 0 Å². The smallest absolute Gasteiger partial charge is 0.0795 e. The summed E-state index contributed by atoms with van der Waals surface area (Å²) in [6, 6.07) is 0. The van der Waals surface area contributed by atoms with Crippen LogP contribution >= 0.6 is 11.3 Å². The van der Waals surface area contributed by atoms with Gasteiger partial charge in [-0.15, -0.1) is 11.3 Å². The minimum absolute atomic E-state index is 0.800. The molecule has 1 N–H and O–H groups in total. The number of nitrogens with zero attached hydrogens (tertiary/aromatic N) is 2. The van der Waals surface area contributed by atoms with E-state index in [0.717, 1.165) is 18.4 Å². The molecule has 15 heavy (non-hydrogen) atoms. The topological polar surface area (TPSA) is 28.2 Å². The minimum Gasteiger partial charge on any atom is -0.316 e. The lowest BCUT2D eigenvalue weighted by atomic mass is 9.98. The molecule has 1 aromatic rings. The SMILES string of the molecule is C[C@@H]1CNC[C@H]1CN(C)Cc1cscn1.